The lowest BCUT2D eigenvalue weighted by Crippen LogP contribution is -2.46. The molecule has 1 aliphatic rings. The molecule has 0 amide bonds. The van der Waals surface area contributed by atoms with Crippen molar-refractivity contribution in [2.45, 2.75) is 18.9 Å². The quantitative estimate of drug-likeness (QED) is 0.329. The molecule has 0 aliphatic carbocycles. The highest BCUT2D eigenvalue weighted by Gasteiger charge is 2.30. The van der Waals surface area contributed by atoms with Gasteiger partial charge in [0.15, 0.2) is 11.2 Å². The number of methoxy groups -OCH3 is 2. The lowest BCUT2D eigenvalue weighted by molar-refractivity contribution is -0.140. The second-order valence-corrected chi connectivity index (χ2v) is 9.60. The van der Waals surface area contributed by atoms with Gasteiger partial charge in [0.05, 0.1) is 44.8 Å². The number of ether oxygens (including phenoxy) is 2. The third-order valence-corrected chi connectivity index (χ3v) is 7.19. The van der Waals surface area contributed by atoms with E-state index in [0.717, 1.165) is 24.5 Å². The molecule has 208 valence electrons. The van der Waals surface area contributed by atoms with Crippen LogP contribution in [0.3, 0.4) is 0 Å². The first kappa shape index (κ1) is 27.0. The molecule has 1 saturated heterocycles. The zero-order valence-electron chi connectivity index (χ0n) is 22.3. The van der Waals surface area contributed by atoms with E-state index in [1.165, 1.54) is 19.4 Å². The summed E-state index contributed by atoms with van der Waals surface area (Å²) in [5.41, 5.74) is 0.499. The Labute approximate surface area is 230 Å². The number of carbonyl (C=O) groups is 1. The fourth-order valence-electron chi connectivity index (χ4n) is 4.97. The van der Waals surface area contributed by atoms with Crippen molar-refractivity contribution in [3.8, 4) is 11.5 Å². The minimum Gasteiger partial charge on any atom is -0.502 e. The van der Waals surface area contributed by atoms with Crippen LogP contribution in [-0.4, -0.2) is 56.4 Å². The number of hydrogen-bond donors (Lipinski definition) is 1. The molecule has 0 unspecified atom stereocenters. The number of benzene rings is 2. The van der Waals surface area contributed by atoms with Crippen molar-refractivity contribution in [1.29, 1.82) is 0 Å². The molecule has 0 radical (unpaired) electrons. The number of anilines is 1. The third kappa shape index (κ3) is 5.57. The van der Waals surface area contributed by atoms with E-state index in [0.29, 0.717) is 36.4 Å². The van der Waals surface area contributed by atoms with Gasteiger partial charge in [-0.2, -0.15) is 0 Å². The summed E-state index contributed by atoms with van der Waals surface area (Å²) in [6.07, 6.45) is 0.906. The van der Waals surface area contributed by atoms with Crippen molar-refractivity contribution < 1.29 is 28.2 Å². The maximum absolute atomic E-state index is 13.4. The predicted molar refractivity (Wildman–Crippen MR) is 148 cm³/mol. The van der Waals surface area contributed by atoms with Gasteiger partial charge >= 0.3 is 5.97 Å². The van der Waals surface area contributed by atoms with Crippen molar-refractivity contribution in [1.82, 2.24) is 4.90 Å². The van der Waals surface area contributed by atoms with Gasteiger partial charge in [-0.3, -0.25) is 19.3 Å². The number of fused-ring (bicyclic) bond motifs is 1. The first-order chi connectivity index (χ1) is 19.4. The molecule has 10 nitrogen and oxygen atoms in total. The summed E-state index contributed by atoms with van der Waals surface area (Å²) < 4.78 is 21.8. The number of carbonyl (C=O) groups excluding carboxylic acids is 1. The molecule has 10 heteroatoms. The van der Waals surface area contributed by atoms with Gasteiger partial charge in [-0.1, -0.05) is 12.1 Å². The molecule has 40 heavy (non-hydrogen) atoms. The summed E-state index contributed by atoms with van der Waals surface area (Å²) in [7, 11) is 2.86. The number of piperazine rings is 1. The Bertz CT molecular complexity index is 1620. The average Bonchev–Trinajstić information content (AvgIpc) is 2.98. The Morgan fingerprint density at radius 2 is 1.75 bits per heavy atom. The summed E-state index contributed by atoms with van der Waals surface area (Å²) in [4.78, 5) is 42.9. The van der Waals surface area contributed by atoms with Crippen molar-refractivity contribution >= 4 is 22.6 Å². The van der Waals surface area contributed by atoms with Crippen LogP contribution in [0.4, 0.5) is 5.69 Å². The number of hydrogen-bond acceptors (Lipinski definition) is 10. The Morgan fingerprint density at radius 3 is 2.45 bits per heavy atom. The zero-order chi connectivity index (χ0) is 28.2. The number of nitrogens with zero attached hydrogens (tertiary/aromatic N) is 2. The SMILES string of the molecule is COC(=O)C[C@@H](c1oc(CN2CCN(c3ccc(OC)cc3)CC2)cc(=O)c1O)c1coc2ccccc2c1=O. The van der Waals surface area contributed by atoms with Crippen LogP contribution in [-0.2, 0) is 16.1 Å². The van der Waals surface area contributed by atoms with Gasteiger partial charge < -0.3 is 28.3 Å². The van der Waals surface area contributed by atoms with Gasteiger partial charge in [0.1, 0.15) is 17.1 Å². The maximum atomic E-state index is 13.4. The minimum atomic E-state index is -1.09. The smallest absolute Gasteiger partial charge is 0.306 e. The Kier molecular flexibility index (Phi) is 7.88. The largest absolute Gasteiger partial charge is 0.502 e. The molecule has 0 spiro atoms. The van der Waals surface area contributed by atoms with Crippen LogP contribution in [0.15, 0.2) is 79.3 Å². The van der Waals surface area contributed by atoms with E-state index in [1.54, 1.807) is 31.4 Å². The fourth-order valence-corrected chi connectivity index (χ4v) is 4.97. The second kappa shape index (κ2) is 11.7. The van der Waals surface area contributed by atoms with E-state index in [-0.39, 0.29) is 17.7 Å². The molecule has 2 aromatic carbocycles. The minimum absolute atomic E-state index is 0.0767. The molecule has 1 N–H and O–H groups in total. The number of rotatable bonds is 8. The molecule has 1 fully saturated rings. The van der Waals surface area contributed by atoms with Crippen LogP contribution >= 0.6 is 0 Å². The van der Waals surface area contributed by atoms with E-state index in [9.17, 15) is 19.5 Å². The van der Waals surface area contributed by atoms with E-state index in [2.05, 4.69) is 9.80 Å². The van der Waals surface area contributed by atoms with Crippen LogP contribution in [0.5, 0.6) is 11.5 Å². The molecule has 1 atom stereocenters. The summed E-state index contributed by atoms with van der Waals surface area (Å²) in [6, 6.07) is 15.8. The summed E-state index contributed by atoms with van der Waals surface area (Å²) in [6.45, 7) is 3.28. The van der Waals surface area contributed by atoms with Gasteiger partial charge in [0, 0.05) is 43.5 Å². The van der Waals surface area contributed by atoms with Crippen LogP contribution < -0.4 is 20.5 Å². The lowest BCUT2D eigenvalue weighted by atomic mass is 9.92. The number of aromatic hydroxyl groups is 1. The number of para-hydroxylation sites is 1. The molecule has 3 heterocycles. The molecular formula is C30H30N2O8. The van der Waals surface area contributed by atoms with E-state index >= 15 is 0 Å². The highest BCUT2D eigenvalue weighted by atomic mass is 16.5. The van der Waals surface area contributed by atoms with Crippen LogP contribution in [0.25, 0.3) is 11.0 Å². The van der Waals surface area contributed by atoms with E-state index in [4.69, 9.17) is 18.3 Å². The lowest BCUT2D eigenvalue weighted by Gasteiger charge is -2.36. The molecule has 0 bridgehead atoms. The van der Waals surface area contributed by atoms with Gasteiger partial charge in [-0.15, -0.1) is 0 Å². The molecule has 4 aromatic rings. The molecular weight excluding hydrogens is 516 g/mol. The first-order valence-electron chi connectivity index (χ1n) is 12.9. The van der Waals surface area contributed by atoms with E-state index < -0.39 is 28.5 Å². The van der Waals surface area contributed by atoms with Gasteiger partial charge in [0.25, 0.3) is 0 Å². The van der Waals surface area contributed by atoms with Gasteiger partial charge in [-0.05, 0) is 36.4 Å². The predicted octanol–water partition coefficient (Wildman–Crippen LogP) is 3.48. The van der Waals surface area contributed by atoms with Crippen LogP contribution in [0.1, 0.15) is 29.4 Å². The van der Waals surface area contributed by atoms with Crippen LogP contribution in [0, 0.1) is 0 Å². The normalized spacial score (nSPS) is 14.7. The Hall–Kier alpha value is -4.57. The van der Waals surface area contributed by atoms with Gasteiger partial charge in [0.2, 0.25) is 11.2 Å². The molecule has 0 saturated carbocycles. The highest BCUT2D eigenvalue weighted by molar-refractivity contribution is 5.77. The summed E-state index contributed by atoms with van der Waals surface area (Å²) in [5, 5.41) is 11.0. The Morgan fingerprint density at radius 1 is 1.02 bits per heavy atom. The Balaban J connectivity index is 1.41. The van der Waals surface area contributed by atoms with Crippen LogP contribution in [0.2, 0.25) is 0 Å². The second-order valence-electron chi connectivity index (χ2n) is 9.60. The highest BCUT2D eigenvalue weighted by Crippen LogP contribution is 2.33. The van der Waals surface area contributed by atoms with Gasteiger partial charge in [-0.25, -0.2) is 0 Å². The first-order valence-corrected chi connectivity index (χ1v) is 12.9. The third-order valence-electron chi connectivity index (χ3n) is 7.19. The molecule has 5 rings (SSSR count). The van der Waals surface area contributed by atoms with Crippen molar-refractivity contribution in [2.75, 3.05) is 45.3 Å². The summed E-state index contributed by atoms with van der Waals surface area (Å²) >= 11 is 0. The standard InChI is InChI=1S/C30H30N2O8/c1-37-20-9-7-19(8-10-20)32-13-11-31(12-14-32)17-21-15-25(33)29(36)30(40-21)23(16-27(34)38-2)24-18-39-26-6-4-3-5-22(26)28(24)35/h3-10,15,18,23,36H,11-14,16-17H2,1-2H3/t23-/m1/s1. The van der Waals surface area contributed by atoms with Crippen molar-refractivity contribution in [3.63, 3.8) is 0 Å². The monoisotopic (exact) mass is 546 g/mol. The zero-order valence-corrected chi connectivity index (χ0v) is 22.3. The fraction of sp³-hybridized carbons (Fsp3) is 0.300. The summed E-state index contributed by atoms with van der Waals surface area (Å²) in [5.74, 6) is -1.45. The maximum Gasteiger partial charge on any atom is 0.306 e. The average molecular weight is 547 g/mol. The number of esters is 1. The molecule has 2 aromatic heterocycles. The topological polar surface area (TPSA) is 123 Å². The van der Waals surface area contributed by atoms with E-state index in [1.807, 2.05) is 24.3 Å². The van der Waals surface area contributed by atoms with Crippen molar-refractivity contribution in [3.05, 3.63) is 98.4 Å². The van der Waals surface area contributed by atoms with Crippen molar-refractivity contribution in [2.24, 2.45) is 0 Å². The molecule has 1 aliphatic heterocycles.